The van der Waals surface area contributed by atoms with E-state index in [2.05, 4.69) is 23.8 Å². The zero-order valence-electron chi connectivity index (χ0n) is 14.0. The van der Waals surface area contributed by atoms with Crippen LogP contribution in [0, 0.1) is 12.8 Å². The number of carbonyl (C=O) groups excluding carboxylic acids is 1. The van der Waals surface area contributed by atoms with Gasteiger partial charge in [-0.3, -0.25) is 4.79 Å². The zero-order chi connectivity index (χ0) is 16.4. The third-order valence-corrected chi connectivity index (χ3v) is 5.62. The topological polar surface area (TPSA) is 55.3 Å². The van der Waals surface area contributed by atoms with E-state index in [1.54, 1.807) is 24.8 Å². The Balaban J connectivity index is 1.81. The van der Waals surface area contributed by atoms with E-state index in [-0.39, 0.29) is 5.91 Å². The Labute approximate surface area is 140 Å². The number of ether oxygens (including phenoxy) is 1. The van der Waals surface area contributed by atoms with Gasteiger partial charge in [0.05, 0.1) is 12.3 Å². The molecule has 3 heterocycles. The Hall–Kier alpha value is -1.53. The van der Waals surface area contributed by atoms with Gasteiger partial charge in [0.25, 0.3) is 0 Å². The van der Waals surface area contributed by atoms with E-state index in [1.807, 2.05) is 4.90 Å². The summed E-state index contributed by atoms with van der Waals surface area (Å²) in [4.78, 5) is 25.4. The average Bonchev–Trinajstić information content (AvgIpc) is 3.04. The Kier molecular flexibility index (Phi) is 4.92. The largest absolute Gasteiger partial charge is 0.383 e. The van der Waals surface area contributed by atoms with Crippen LogP contribution < -0.4 is 0 Å². The van der Waals surface area contributed by atoms with E-state index < -0.39 is 0 Å². The van der Waals surface area contributed by atoms with Crippen molar-refractivity contribution in [2.75, 3.05) is 26.8 Å². The minimum absolute atomic E-state index is 0.231. The normalized spacial score (nSPS) is 18.3. The molecule has 0 spiro atoms. The number of nitrogens with zero attached hydrogens (tertiary/aromatic N) is 3. The van der Waals surface area contributed by atoms with Crippen LogP contribution in [-0.2, 0) is 22.4 Å². The lowest BCUT2D eigenvalue weighted by atomic mass is 9.98. The van der Waals surface area contributed by atoms with Gasteiger partial charge in [-0.1, -0.05) is 6.92 Å². The number of thiophene rings is 1. The predicted octanol–water partition coefficient (Wildman–Crippen LogP) is 2.60. The number of fused-ring (bicyclic) bond motifs is 1. The molecule has 124 valence electrons. The lowest BCUT2D eigenvalue weighted by Crippen LogP contribution is -2.29. The summed E-state index contributed by atoms with van der Waals surface area (Å²) in [6.45, 7) is 6.42. The first-order valence-electron chi connectivity index (χ1n) is 8.12. The third-order valence-electron chi connectivity index (χ3n) is 4.56. The van der Waals surface area contributed by atoms with Gasteiger partial charge in [-0.15, -0.1) is 11.3 Å². The van der Waals surface area contributed by atoms with E-state index in [9.17, 15) is 4.79 Å². The molecule has 23 heavy (non-hydrogen) atoms. The minimum atomic E-state index is 0.231. The zero-order valence-corrected chi connectivity index (χ0v) is 14.8. The Bertz CT molecular complexity index is 713. The summed E-state index contributed by atoms with van der Waals surface area (Å²) in [6.07, 6.45) is 4.11. The van der Waals surface area contributed by atoms with Crippen LogP contribution in [0.2, 0.25) is 0 Å². The van der Waals surface area contributed by atoms with Gasteiger partial charge in [0.1, 0.15) is 11.2 Å². The highest BCUT2D eigenvalue weighted by molar-refractivity contribution is 7.18. The molecule has 1 aliphatic heterocycles. The number of amides is 1. The molecule has 0 aromatic carbocycles. The van der Waals surface area contributed by atoms with Crippen molar-refractivity contribution in [2.24, 2.45) is 5.92 Å². The lowest BCUT2D eigenvalue weighted by molar-refractivity contribution is -0.128. The quantitative estimate of drug-likeness (QED) is 0.815. The van der Waals surface area contributed by atoms with Gasteiger partial charge >= 0.3 is 0 Å². The van der Waals surface area contributed by atoms with Gasteiger partial charge in [-0.2, -0.15) is 0 Å². The first-order valence-corrected chi connectivity index (χ1v) is 8.94. The number of hydrogen-bond acceptors (Lipinski definition) is 5. The molecule has 1 saturated heterocycles. The van der Waals surface area contributed by atoms with Crippen LogP contribution >= 0.6 is 11.3 Å². The number of hydrogen-bond donors (Lipinski definition) is 0. The molecular weight excluding hydrogens is 310 g/mol. The Morgan fingerprint density at radius 2 is 2.26 bits per heavy atom. The van der Waals surface area contributed by atoms with Crippen LogP contribution in [0.1, 0.15) is 29.5 Å². The molecule has 1 atom stereocenters. The fourth-order valence-electron chi connectivity index (χ4n) is 3.43. The monoisotopic (exact) mass is 333 g/mol. The molecule has 1 fully saturated rings. The number of carbonyl (C=O) groups is 1. The third kappa shape index (κ3) is 3.23. The van der Waals surface area contributed by atoms with Crippen molar-refractivity contribution in [1.29, 1.82) is 0 Å². The van der Waals surface area contributed by atoms with Crippen molar-refractivity contribution in [3.8, 4) is 0 Å². The van der Waals surface area contributed by atoms with E-state index in [4.69, 9.17) is 4.74 Å². The number of rotatable bonds is 6. The van der Waals surface area contributed by atoms with E-state index >= 15 is 0 Å². The minimum Gasteiger partial charge on any atom is -0.383 e. The smallest absolute Gasteiger partial charge is 0.223 e. The Morgan fingerprint density at radius 1 is 1.43 bits per heavy atom. The molecule has 0 saturated carbocycles. The molecule has 1 aliphatic rings. The second kappa shape index (κ2) is 6.93. The van der Waals surface area contributed by atoms with Gasteiger partial charge in [0, 0.05) is 36.9 Å². The first-order chi connectivity index (χ1) is 11.1. The number of methoxy groups -OCH3 is 1. The second-order valence-corrected chi connectivity index (χ2v) is 7.30. The molecule has 2 aromatic heterocycles. The van der Waals surface area contributed by atoms with Gasteiger partial charge in [-0.05, 0) is 31.2 Å². The van der Waals surface area contributed by atoms with Crippen LogP contribution in [0.5, 0.6) is 0 Å². The van der Waals surface area contributed by atoms with Crippen LogP contribution in [0.25, 0.3) is 10.2 Å². The lowest BCUT2D eigenvalue weighted by Gasteiger charge is -2.16. The van der Waals surface area contributed by atoms with E-state index in [0.717, 1.165) is 29.9 Å². The summed E-state index contributed by atoms with van der Waals surface area (Å²) < 4.78 is 5.08. The molecule has 3 rings (SSSR count). The van der Waals surface area contributed by atoms with Crippen LogP contribution in [0.4, 0.5) is 0 Å². The molecule has 0 aliphatic carbocycles. The predicted molar refractivity (Wildman–Crippen MR) is 91.8 cm³/mol. The molecule has 5 nitrogen and oxygen atoms in total. The SMILES string of the molecule is CCc1c(C)sc2ncnc(C[C@@H]3CC(=O)N(CCOC)C3)c12. The van der Waals surface area contributed by atoms with Crippen molar-refractivity contribution in [3.05, 3.63) is 22.5 Å². The summed E-state index contributed by atoms with van der Waals surface area (Å²) in [7, 11) is 1.67. The van der Waals surface area contributed by atoms with Gasteiger partial charge in [-0.25, -0.2) is 9.97 Å². The first kappa shape index (κ1) is 16.3. The van der Waals surface area contributed by atoms with E-state index in [1.165, 1.54) is 15.8 Å². The summed E-state index contributed by atoms with van der Waals surface area (Å²) in [5.41, 5.74) is 2.46. The maximum atomic E-state index is 12.1. The fourth-order valence-corrected chi connectivity index (χ4v) is 4.53. The number of aromatic nitrogens is 2. The molecule has 0 unspecified atom stereocenters. The summed E-state index contributed by atoms with van der Waals surface area (Å²) in [5.74, 6) is 0.567. The standard InChI is InChI=1S/C17H23N3O2S/c1-4-13-11(2)23-17-16(13)14(18-10-19-17)7-12-8-15(21)20(9-12)5-6-22-3/h10,12H,4-9H2,1-3H3/t12-/m1/s1. The summed E-state index contributed by atoms with van der Waals surface area (Å²) >= 11 is 1.74. The maximum absolute atomic E-state index is 12.1. The number of likely N-dealkylation sites (tertiary alicyclic amines) is 1. The Morgan fingerprint density at radius 3 is 3.00 bits per heavy atom. The van der Waals surface area contributed by atoms with Crippen LogP contribution in [0.15, 0.2) is 6.33 Å². The van der Waals surface area contributed by atoms with Gasteiger partial charge in [0.2, 0.25) is 5.91 Å². The van der Waals surface area contributed by atoms with Crippen molar-refractivity contribution in [1.82, 2.24) is 14.9 Å². The highest BCUT2D eigenvalue weighted by Gasteiger charge is 2.30. The number of aryl methyl sites for hydroxylation is 2. The summed E-state index contributed by atoms with van der Waals surface area (Å²) in [6, 6.07) is 0. The average molecular weight is 333 g/mol. The van der Waals surface area contributed by atoms with Crippen molar-refractivity contribution in [3.63, 3.8) is 0 Å². The molecular formula is C17H23N3O2S. The van der Waals surface area contributed by atoms with Crippen molar-refractivity contribution < 1.29 is 9.53 Å². The fraction of sp³-hybridized carbons (Fsp3) is 0.588. The van der Waals surface area contributed by atoms with Gasteiger partial charge < -0.3 is 9.64 Å². The molecule has 0 radical (unpaired) electrons. The molecule has 6 heteroatoms. The second-order valence-electron chi connectivity index (χ2n) is 6.10. The summed E-state index contributed by atoms with van der Waals surface area (Å²) in [5, 5.41) is 1.22. The van der Waals surface area contributed by atoms with Crippen molar-refractivity contribution in [2.45, 2.75) is 33.1 Å². The van der Waals surface area contributed by atoms with Gasteiger partial charge in [0.15, 0.2) is 0 Å². The van der Waals surface area contributed by atoms with Crippen LogP contribution in [0.3, 0.4) is 0 Å². The van der Waals surface area contributed by atoms with Crippen LogP contribution in [-0.4, -0.2) is 47.6 Å². The molecule has 0 N–H and O–H groups in total. The van der Waals surface area contributed by atoms with Crippen molar-refractivity contribution >= 4 is 27.5 Å². The molecule has 0 bridgehead atoms. The highest BCUT2D eigenvalue weighted by Crippen LogP contribution is 2.33. The van der Waals surface area contributed by atoms with E-state index in [0.29, 0.717) is 25.5 Å². The molecule has 1 amide bonds. The highest BCUT2D eigenvalue weighted by atomic mass is 32.1. The molecule has 2 aromatic rings. The maximum Gasteiger partial charge on any atom is 0.223 e.